The van der Waals surface area contributed by atoms with E-state index in [-0.39, 0.29) is 0 Å². The molecule has 0 aliphatic carbocycles. The summed E-state index contributed by atoms with van der Waals surface area (Å²) in [6.45, 7) is 4.16. The first-order valence-electron chi connectivity index (χ1n) is 5.28. The fraction of sp³-hybridized carbons (Fsp3) is 1.00. The molecular formula is C10H19BrF3N. The fourth-order valence-electron chi connectivity index (χ4n) is 1.46. The molecule has 15 heavy (non-hydrogen) atoms. The van der Waals surface area contributed by atoms with Gasteiger partial charge in [0, 0.05) is 11.9 Å². The number of rotatable bonds is 7. The van der Waals surface area contributed by atoms with Gasteiger partial charge in [-0.05, 0) is 18.9 Å². The maximum Gasteiger partial charge on any atom is 0.401 e. The van der Waals surface area contributed by atoms with E-state index in [1.165, 1.54) is 4.90 Å². The van der Waals surface area contributed by atoms with E-state index >= 15 is 0 Å². The van der Waals surface area contributed by atoms with E-state index in [4.69, 9.17) is 0 Å². The number of nitrogens with zero attached hydrogens (tertiary/aromatic N) is 1. The van der Waals surface area contributed by atoms with Gasteiger partial charge in [0.2, 0.25) is 0 Å². The molecule has 1 nitrogen and oxygen atoms in total. The molecule has 1 atom stereocenters. The smallest absolute Gasteiger partial charge is 0.295 e. The van der Waals surface area contributed by atoms with Gasteiger partial charge in [0.25, 0.3) is 0 Å². The predicted molar refractivity (Wildman–Crippen MR) is 60.4 cm³/mol. The summed E-state index contributed by atoms with van der Waals surface area (Å²) in [6.07, 6.45) is -2.42. The van der Waals surface area contributed by atoms with Gasteiger partial charge in [-0.2, -0.15) is 13.2 Å². The number of hydrogen-bond acceptors (Lipinski definition) is 1. The van der Waals surface area contributed by atoms with E-state index in [1.54, 1.807) is 0 Å². The van der Waals surface area contributed by atoms with Crippen molar-refractivity contribution in [3.8, 4) is 0 Å². The highest BCUT2D eigenvalue weighted by atomic mass is 79.9. The summed E-state index contributed by atoms with van der Waals surface area (Å²) in [5.74, 6) is 0.305. The lowest BCUT2D eigenvalue weighted by atomic mass is 10.1. The molecule has 0 N–H and O–H groups in total. The summed E-state index contributed by atoms with van der Waals surface area (Å²) < 4.78 is 36.7. The van der Waals surface area contributed by atoms with Crippen LogP contribution in [-0.4, -0.2) is 36.0 Å². The zero-order chi connectivity index (χ0) is 11.9. The maximum atomic E-state index is 12.2. The normalized spacial score (nSPS) is 14.6. The molecule has 0 heterocycles. The van der Waals surface area contributed by atoms with Crippen LogP contribution in [0.4, 0.5) is 13.2 Å². The molecule has 92 valence electrons. The Hall–Kier alpha value is 0.230. The van der Waals surface area contributed by atoms with Crippen molar-refractivity contribution < 1.29 is 13.2 Å². The van der Waals surface area contributed by atoms with Crippen LogP contribution in [0.15, 0.2) is 0 Å². The molecular weight excluding hydrogens is 271 g/mol. The molecule has 0 aromatic carbocycles. The van der Waals surface area contributed by atoms with E-state index < -0.39 is 12.7 Å². The Balaban J connectivity index is 4.14. The quantitative estimate of drug-likeness (QED) is 0.646. The lowest BCUT2D eigenvalue weighted by Crippen LogP contribution is -2.38. The Labute approximate surface area is 98.1 Å². The van der Waals surface area contributed by atoms with Crippen molar-refractivity contribution in [3.05, 3.63) is 0 Å². The van der Waals surface area contributed by atoms with Crippen molar-refractivity contribution >= 4 is 15.9 Å². The lowest BCUT2D eigenvalue weighted by molar-refractivity contribution is -0.147. The topological polar surface area (TPSA) is 3.24 Å². The first-order valence-corrected chi connectivity index (χ1v) is 6.40. The van der Waals surface area contributed by atoms with Gasteiger partial charge in [0.05, 0.1) is 6.54 Å². The highest BCUT2D eigenvalue weighted by molar-refractivity contribution is 9.09. The first-order chi connectivity index (χ1) is 6.92. The molecule has 0 bridgehead atoms. The molecule has 0 radical (unpaired) electrons. The standard InChI is InChI=1S/C10H19BrF3N/c1-3-5-15(8-10(12,13)14)7-9(4-2)6-11/h9H,3-8H2,1-2H3. The van der Waals surface area contributed by atoms with Crippen LogP contribution < -0.4 is 0 Å². The van der Waals surface area contributed by atoms with E-state index in [9.17, 15) is 13.2 Å². The van der Waals surface area contributed by atoms with Crippen LogP contribution in [0.3, 0.4) is 0 Å². The molecule has 5 heteroatoms. The molecule has 0 aliphatic rings. The van der Waals surface area contributed by atoms with Crippen molar-refractivity contribution in [2.45, 2.75) is 32.9 Å². The summed E-state index contributed by atoms with van der Waals surface area (Å²) in [6, 6.07) is 0. The Kier molecular flexibility index (Phi) is 7.61. The molecule has 0 saturated carbocycles. The summed E-state index contributed by atoms with van der Waals surface area (Å²) in [5, 5.41) is 0.765. The second kappa shape index (κ2) is 7.49. The zero-order valence-corrected chi connectivity index (χ0v) is 10.9. The first kappa shape index (κ1) is 15.2. The third kappa shape index (κ3) is 8.08. The molecule has 0 aromatic heterocycles. The van der Waals surface area contributed by atoms with Gasteiger partial charge in [-0.3, -0.25) is 4.90 Å². The van der Waals surface area contributed by atoms with Crippen molar-refractivity contribution in [3.63, 3.8) is 0 Å². The molecule has 0 aliphatic heterocycles. The maximum absolute atomic E-state index is 12.2. The molecule has 0 saturated heterocycles. The third-order valence-corrected chi connectivity index (χ3v) is 3.17. The van der Waals surface area contributed by atoms with E-state index in [0.717, 1.165) is 18.2 Å². The van der Waals surface area contributed by atoms with Crippen molar-refractivity contribution in [1.82, 2.24) is 4.90 Å². The molecule has 0 spiro atoms. The van der Waals surface area contributed by atoms with Gasteiger partial charge in [-0.25, -0.2) is 0 Å². The Morgan fingerprint density at radius 2 is 1.87 bits per heavy atom. The SMILES string of the molecule is CCCN(CC(CC)CBr)CC(F)(F)F. The van der Waals surface area contributed by atoms with E-state index in [1.807, 2.05) is 13.8 Å². The number of halogens is 4. The van der Waals surface area contributed by atoms with Crippen LogP contribution in [0.2, 0.25) is 0 Å². The molecule has 0 amide bonds. The van der Waals surface area contributed by atoms with Crippen LogP contribution >= 0.6 is 15.9 Å². The van der Waals surface area contributed by atoms with Crippen molar-refractivity contribution in [2.24, 2.45) is 5.92 Å². The van der Waals surface area contributed by atoms with Crippen molar-refractivity contribution in [1.29, 1.82) is 0 Å². The summed E-state index contributed by atoms with van der Waals surface area (Å²) >= 11 is 3.33. The second-order valence-electron chi connectivity index (χ2n) is 3.78. The minimum absolute atomic E-state index is 0.305. The van der Waals surface area contributed by atoms with Gasteiger partial charge in [0.15, 0.2) is 0 Å². The molecule has 1 unspecified atom stereocenters. The van der Waals surface area contributed by atoms with Gasteiger partial charge in [-0.15, -0.1) is 0 Å². The highest BCUT2D eigenvalue weighted by Crippen LogP contribution is 2.18. The Morgan fingerprint density at radius 3 is 2.20 bits per heavy atom. The van der Waals surface area contributed by atoms with Crippen LogP contribution in [0.25, 0.3) is 0 Å². The summed E-state index contributed by atoms with van der Waals surface area (Å²) in [4.78, 5) is 1.50. The van der Waals surface area contributed by atoms with Crippen LogP contribution in [0.1, 0.15) is 26.7 Å². The highest BCUT2D eigenvalue weighted by Gasteiger charge is 2.30. The molecule has 0 fully saturated rings. The number of hydrogen-bond donors (Lipinski definition) is 0. The molecule has 0 rings (SSSR count). The van der Waals surface area contributed by atoms with Crippen LogP contribution in [0.5, 0.6) is 0 Å². The second-order valence-corrected chi connectivity index (χ2v) is 4.43. The monoisotopic (exact) mass is 289 g/mol. The van der Waals surface area contributed by atoms with Crippen LogP contribution in [-0.2, 0) is 0 Å². The number of alkyl halides is 4. The van der Waals surface area contributed by atoms with Crippen molar-refractivity contribution in [2.75, 3.05) is 25.0 Å². The average molecular weight is 290 g/mol. The van der Waals surface area contributed by atoms with Gasteiger partial charge >= 0.3 is 6.18 Å². The fourth-order valence-corrected chi connectivity index (χ4v) is 2.12. The zero-order valence-electron chi connectivity index (χ0n) is 9.28. The Bertz CT molecular complexity index is 157. The van der Waals surface area contributed by atoms with E-state index in [2.05, 4.69) is 15.9 Å². The van der Waals surface area contributed by atoms with Gasteiger partial charge < -0.3 is 0 Å². The largest absolute Gasteiger partial charge is 0.401 e. The average Bonchev–Trinajstić information content (AvgIpc) is 2.11. The van der Waals surface area contributed by atoms with Gasteiger partial charge in [0.1, 0.15) is 0 Å². The summed E-state index contributed by atoms with van der Waals surface area (Å²) in [5.41, 5.74) is 0. The summed E-state index contributed by atoms with van der Waals surface area (Å²) in [7, 11) is 0. The van der Waals surface area contributed by atoms with Gasteiger partial charge in [-0.1, -0.05) is 36.2 Å². The Morgan fingerprint density at radius 1 is 1.27 bits per heavy atom. The lowest BCUT2D eigenvalue weighted by Gasteiger charge is -2.26. The minimum atomic E-state index is -4.08. The minimum Gasteiger partial charge on any atom is -0.295 e. The molecule has 0 aromatic rings. The van der Waals surface area contributed by atoms with Crippen LogP contribution in [0, 0.1) is 5.92 Å². The predicted octanol–water partition coefficient (Wildman–Crippen LogP) is 3.68. The van der Waals surface area contributed by atoms with E-state index in [0.29, 0.717) is 19.0 Å². The third-order valence-electron chi connectivity index (χ3n) is 2.25.